The van der Waals surface area contributed by atoms with E-state index in [1.54, 1.807) is 18.3 Å². The van der Waals surface area contributed by atoms with E-state index in [9.17, 15) is 4.79 Å². The molecule has 0 radical (unpaired) electrons. The molecule has 1 aliphatic rings. The van der Waals surface area contributed by atoms with Crippen LogP contribution in [0.2, 0.25) is 5.02 Å². The minimum absolute atomic E-state index is 0.165. The van der Waals surface area contributed by atoms with Crippen LogP contribution in [-0.2, 0) is 11.3 Å². The van der Waals surface area contributed by atoms with Gasteiger partial charge in [-0.3, -0.25) is 4.79 Å². The third kappa shape index (κ3) is 3.33. The van der Waals surface area contributed by atoms with Crippen LogP contribution in [-0.4, -0.2) is 22.7 Å². The zero-order chi connectivity index (χ0) is 19.8. The fourth-order valence-corrected chi connectivity index (χ4v) is 4.42. The zero-order valence-electron chi connectivity index (χ0n) is 15.0. The molecule has 3 heterocycles. The lowest BCUT2D eigenvalue weighted by molar-refractivity contribution is -0.0164. The molecule has 0 N–H and O–H groups in total. The van der Waals surface area contributed by atoms with Crippen molar-refractivity contribution < 1.29 is 9.47 Å². The van der Waals surface area contributed by atoms with Crippen molar-refractivity contribution in [3.63, 3.8) is 0 Å². The minimum Gasteiger partial charge on any atom is -0.466 e. The lowest BCUT2D eigenvalue weighted by atomic mass is 10.1. The molecule has 0 bridgehead atoms. The Kier molecular flexibility index (Phi) is 4.63. The SMILES string of the molecule is O=c1c2c(-c3ccccc3)csc2ncn1/N=C\c1cc(Cl)cc2c1OCOC2. The van der Waals surface area contributed by atoms with Crippen LogP contribution in [0.4, 0.5) is 0 Å². The molecule has 0 fully saturated rings. The van der Waals surface area contributed by atoms with Gasteiger partial charge in [0, 0.05) is 27.1 Å². The molecule has 5 rings (SSSR count). The zero-order valence-corrected chi connectivity index (χ0v) is 16.6. The number of aromatic nitrogens is 2. The van der Waals surface area contributed by atoms with Crippen molar-refractivity contribution in [2.24, 2.45) is 5.10 Å². The predicted molar refractivity (Wildman–Crippen MR) is 114 cm³/mol. The molecule has 29 heavy (non-hydrogen) atoms. The molecule has 0 amide bonds. The van der Waals surface area contributed by atoms with E-state index in [0.29, 0.717) is 33.2 Å². The van der Waals surface area contributed by atoms with Crippen molar-refractivity contribution in [2.45, 2.75) is 6.61 Å². The molecular weight excluding hydrogens is 410 g/mol. The summed E-state index contributed by atoms with van der Waals surface area (Å²) in [6.45, 7) is 0.581. The normalized spacial score (nSPS) is 13.6. The van der Waals surface area contributed by atoms with Gasteiger partial charge < -0.3 is 9.47 Å². The predicted octanol–water partition coefficient (Wildman–Crippen LogP) is 4.53. The number of hydrogen-bond acceptors (Lipinski definition) is 6. The van der Waals surface area contributed by atoms with Gasteiger partial charge in [0.1, 0.15) is 16.9 Å². The molecule has 2 aromatic carbocycles. The molecule has 4 aromatic rings. The van der Waals surface area contributed by atoms with Gasteiger partial charge in [-0.25, -0.2) is 4.98 Å². The highest BCUT2D eigenvalue weighted by Gasteiger charge is 2.16. The molecule has 0 saturated carbocycles. The maximum atomic E-state index is 13.1. The quantitative estimate of drug-likeness (QED) is 0.454. The average Bonchev–Trinajstić information content (AvgIpc) is 3.18. The molecule has 1 aliphatic heterocycles. The van der Waals surface area contributed by atoms with Crippen LogP contribution in [0, 0.1) is 0 Å². The number of rotatable bonds is 3. The summed E-state index contributed by atoms with van der Waals surface area (Å²) in [5, 5.41) is 7.38. The maximum Gasteiger partial charge on any atom is 0.283 e. The van der Waals surface area contributed by atoms with E-state index in [1.807, 2.05) is 35.7 Å². The Morgan fingerprint density at radius 3 is 2.97 bits per heavy atom. The van der Waals surface area contributed by atoms with Gasteiger partial charge in [0.25, 0.3) is 5.56 Å². The summed E-state index contributed by atoms with van der Waals surface area (Å²) in [4.78, 5) is 18.2. The Morgan fingerprint density at radius 2 is 2.10 bits per heavy atom. The highest BCUT2D eigenvalue weighted by molar-refractivity contribution is 7.17. The van der Waals surface area contributed by atoms with Crippen LogP contribution in [0.1, 0.15) is 11.1 Å². The fraction of sp³-hybridized carbons (Fsp3) is 0.0952. The molecule has 2 aromatic heterocycles. The standard InChI is InChI=1S/C21H14ClN3O3S/c22-16-6-14(19-15(7-16)9-27-12-28-19)8-24-25-11-23-20-18(21(25)26)17(10-29-20)13-4-2-1-3-5-13/h1-8,10-11H,9,12H2/b24-8-. The molecule has 144 valence electrons. The first kappa shape index (κ1) is 18.1. The molecule has 0 spiro atoms. The van der Waals surface area contributed by atoms with Crippen molar-refractivity contribution in [3.8, 4) is 16.9 Å². The fourth-order valence-electron chi connectivity index (χ4n) is 3.26. The summed E-state index contributed by atoms with van der Waals surface area (Å²) >= 11 is 7.63. The van der Waals surface area contributed by atoms with Crippen molar-refractivity contribution in [2.75, 3.05) is 6.79 Å². The average molecular weight is 424 g/mol. The monoisotopic (exact) mass is 423 g/mol. The second-order valence-corrected chi connectivity index (χ2v) is 7.72. The highest BCUT2D eigenvalue weighted by atomic mass is 35.5. The van der Waals surface area contributed by atoms with Crippen LogP contribution in [0.5, 0.6) is 5.75 Å². The highest BCUT2D eigenvalue weighted by Crippen LogP contribution is 2.31. The Hall–Kier alpha value is -3.00. The van der Waals surface area contributed by atoms with Gasteiger partial charge >= 0.3 is 0 Å². The minimum atomic E-state index is -0.230. The van der Waals surface area contributed by atoms with E-state index in [-0.39, 0.29) is 12.4 Å². The van der Waals surface area contributed by atoms with Crippen molar-refractivity contribution in [1.82, 2.24) is 9.66 Å². The Balaban J connectivity index is 1.60. The van der Waals surface area contributed by atoms with E-state index in [0.717, 1.165) is 16.7 Å². The van der Waals surface area contributed by atoms with Crippen LogP contribution in [0.15, 0.2) is 64.1 Å². The third-order valence-corrected chi connectivity index (χ3v) is 5.69. The first-order valence-electron chi connectivity index (χ1n) is 8.82. The van der Waals surface area contributed by atoms with Crippen LogP contribution in [0.25, 0.3) is 21.3 Å². The molecular formula is C21H14ClN3O3S. The Labute approximate surface area is 174 Å². The van der Waals surface area contributed by atoms with Crippen LogP contribution in [0.3, 0.4) is 0 Å². The summed E-state index contributed by atoms with van der Waals surface area (Å²) in [7, 11) is 0. The summed E-state index contributed by atoms with van der Waals surface area (Å²) in [5.41, 5.74) is 3.11. The third-order valence-electron chi connectivity index (χ3n) is 4.59. The van der Waals surface area contributed by atoms with E-state index >= 15 is 0 Å². The van der Waals surface area contributed by atoms with Gasteiger partial charge in [0.15, 0.2) is 6.79 Å². The van der Waals surface area contributed by atoms with Gasteiger partial charge in [-0.2, -0.15) is 9.78 Å². The van der Waals surface area contributed by atoms with E-state index in [1.165, 1.54) is 22.3 Å². The summed E-state index contributed by atoms with van der Waals surface area (Å²) in [6.07, 6.45) is 2.98. The second kappa shape index (κ2) is 7.44. The Morgan fingerprint density at radius 1 is 1.24 bits per heavy atom. The number of ether oxygens (including phenoxy) is 2. The van der Waals surface area contributed by atoms with Gasteiger partial charge in [0.05, 0.1) is 18.2 Å². The number of fused-ring (bicyclic) bond motifs is 2. The van der Waals surface area contributed by atoms with E-state index in [2.05, 4.69) is 10.1 Å². The maximum absolute atomic E-state index is 13.1. The van der Waals surface area contributed by atoms with Gasteiger partial charge in [-0.05, 0) is 17.7 Å². The first-order valence-corrected chi connectivity index (χ1v) is 10.1. The molecule has 0 atom stereocenters. The van der Waals surface area contributed by atoms with Gasteiger partial charge in [0.2, 0.25) is 0 Å². The number of nitrogens with zero attached hydrogens (tertiary/aromatic N) is 3. The lowest BCUT2D eigenvalue weighted by Crippen LogP contribution is -2.17. The molecule has 6 nitrogen and oxygen atoms in total. The molecule has 8 heteroatoms. The number of halogens is 1. The summed E-state index contributed by atoms with van der Waals surface area (Å²) < 4.78 is 12.1. The summed E-state index contributed by atoms with van der Waals surface area (Å²) in [6, 6.07) is 13.3. The van der Waals surface area contributed by atoms with E-state index in [4.69, 9.17) is 21.1 Å². The second-order valence-electron chi connectivity index (χ2n) is 6.43. The molecule has 0 saturated heterocycles. The van der Waals surface area contributed by atoms with Crippen LogP contribution >= 0.6 is 22.9 Å². The van der Waals surface area contributed by atoms with E-state index < -0.39 is 0 Å². The van der Waals surface area contributed by atoms with Gasteiger partial charge in [-0.1, -0.05) is 41.9 Å². The number of thiophene rings is 1. The summed E-state index contributed by atoms with van der Waals surface area (Å²) in [5.74, 6) is 0.659. The van der Waals surface area contributed by atoms with Crippen molar-refractivity contribution >= 4 is 39.4 Å². The van der Waals surface area contributed by atoms with Crippen LogP contribution < -0.4 is 10.3 Å². The largest absolute Gasteiger partial charge is 0.466 e. The lowest BCUT2D eigenvalue weighted by Gasteiger charge is -2.19. The number of hydrogen-bond donors (Lipinski definition) is 0. The topological polar surface area (TPSA) is 65.7 Å². The van der Waals surface area contributed by atoms with Gasteiger partial charge in [-0.15, -0.1) is 11.3 Å². The number of benzene rings is 2. The van der Waals surface area contributed by atoms with Crippen molar-refractivity contribution in [1.29, 1.82) is 0 Å². The first-order chi connectivity index (χ1) is 14.2. The molecule has 0 unspecified atom stereocenters. The Bertz CT molecular complexity index is 1300. The van der Waals surface area contributed by atoms with Crippen molar-refractivity contribution in [3.05, 3.63) is 80.7 Å². The molecule has 0 aliphatic carbocycles. The smallest absolute Gasteiger partial charge is 0.283 e.